The van der Waals surface area contributed by atoms with E-state index in [9.17, 15) is 38.4 Å². The van der Waals surface area contributed by atoms with Crippen molar-refractivity contribution in [1.82, 2.24) is 109 Å². The van der Waals surface area contributed by atoms with E-state index in [1.807, 2.05) is 97.2 Å². The quantitative estimate of drug-likeness (QED) is 0.0185. The van der Waals surface area contributed by atoms with Gasteiger partial charge in [0.2, 0.25) is 0 Å². The molecule has 2 fully saturated rings. The molecular weight excluding hydrogens is 2040 g/mol. The maximum Gasteiger partial charge on any atom is 1.00 e. The molecule has 9 N–H and O–H groups in total. The van der Waals surface area contributed by atoms with Crippen molar-refractivity contribution in [3.8, 4) is 59.8 Å². The SMILES string of the molecule is Brc1cnc2cccnn12.C#C[Si](C)(C)C.C#Cc1cnc2cccnn12.COC(=O)c1cccc(C#Cc2cnc3cccnn23)c1.COC(=O)c1cccc(I)c1.NCCN1C(=O)NC(Cc2c[nH]c3c(Cl)cccc23)C1=O.O=C(NCCN1C(=O)NC(Cc2c[nH]c3c(Cl)cccc23)C1=O)c1cccc(C#Cc2cnc3cccnn23)c1.O=C(O)c1cccc(C#Cc2cnc3cccnn23)c1.[Li+].[OH-]. The second kappa shape index (κ2) is 50.8. The van der Waals surface area contributed by atoms with Crippen LogP contribution in [0.1, 0.15) is 92.0 Å². The fourth-order valence-corrected chi connectivity index (χ4v) is 14.8. The zero-order valence-electron chi connectivity index (χ0n) is 76.6. The first-order valence-electron chi connectivity index (χ1n) is 42.5. The number of aromatic amines is 2. The predicted molar refractivity (Wildman–Crippen MR) is 544 cm³/mol. The predicted octanol–water partition coefficient (Wildman–Crippen LogP) is 10.7. The van der Waals surface area contributed by atoms with Crippen LogP contribution in [0.3, 0.4) is 0 Å². The van der Waals surface area contributed by atoms with Crippen LogP contribution < -0.4 is 40.5 Å². The normalized spacial score (nSPS) is 12.5. The fraction of sp³-hybridized carbons (Fsp3) is 0.129. The second-order valence-corrected chi connectivity index (χ2v) is 38.5. The van der Waals surface area contributed by atoms with Crippen LogP contribution >= 0.6 is 61.7 Å². The van der Waals surface area contributed by atoms with Gasteiger partial charge in [0, 0.05) is 119 Å². The number of imidazole rings is 5. The summed E-state index contributed by atoms with van der Waals surface area (Å²) in [6, 6.07) is 55.0. The largest absolute Gasteiger partial charge is 1.00 e. The van der Waals surface area contributed by atoms with E-state index in [1.165, 1.54) is 26.4 Å². The molecule has 7 amide bonds. The molecule has 0 radical (unpaired) electrons. The average molecular weight is 2120 g/mol. The van der Waals surface area contributed by atoms with E-state index < -0.39 is 32.2 Å². The summed E-state index contributed by atoms with van der Waals surface area (Å²) in [5, 5.41) is 40.9. The molecule has 2 atom stereocenters. The maximum atomic E-state index is 13.0. The first kappa shape index (κ1) is 106. The Morgan fingerprint density at radius 2 is 0.852 bits per heavy atom. The molecule has 0 spiro atoms. The molecule has 14 heterocycles. The Balaban J connectivity index is 0.000000164. The number of amides is 7. The van der Waals surface area contributed by atoms with Gasteiger partial charge in [-0.15, -0.1) is 18.4 Å². The van der Waals surface area contributed by atoms with Crippen molar-refractivity contribution in [3.05, 3.63) is 360 Å². The van der Waals surface area contributed by atoms with Crippen LogP contribution in [0.2, 0.25) is 29.7 Å². The molecule has 2 unspecified atom stereocenters. The summed E-state index contributed by atoms with van der Waals surface area (Å²) in [7, 11) is 1.63. The van der Waals surface area contributed by atoms with Gasteiger partial charge in [-0.3, -0.25) is 24.2 Å². The minimum atomic E-state index is -1.10. The van der Waals surface area contributed by atoms with E-state index in [-0.39, 0.29) is 91.8 Å². The minimum Gasteiger partial charge on any atom is -0.870 e. The standard InChI is InChI=1S/C29H22ClN7O3.C16H11N3O2.C15H9N3O2.C14H15ClN4O2.C8H7IO2.C8H5N3.C6H4BrN3.C5H10Si.Li.H2O/c30-23-7-2-6-22-20(16-33-26(22)23)15-24-28(39)36(29(40)35-24)13-12-31-27(38)19-5-1-4-18(14-19)9-10-21-17-32-25-8-3-11-34-37(21)25;1-21-16(20)13-5-2-4-12(10-13)7-8-14-11-17-15-6-3-9-18-19(14)15;19-15(20)12-4-1-3-11(9-12)6-7-13-10-16-14-5-2-8-17-18(13)14;15-10-3-1-2-9-8(7-17-12(9)10)6-11-13(20)19(5-4-16)14(21)18-11;1-11-8(10)6-3-2-4-7(9)5-6;1-2-7-6-9-8-4-3-5-10-11(7)8;7-5-4-8-6-2-1-3-9-10(5)6;1-5-6(2,3)4;;/h1-8,11,14,16-17,24,33H,12-13,15H2,(H,31,38)(H,35,40);2-6,9-11H,1H3;1-5,8-10H,(H,19,20);1-3,7,11,17H,4-6,16H2,(H,18,21);2-5H,1H3;1,3-6H;1-4H;1H,2-4H3;;1H2/q;;;;;;;;+1;/p-1. The number of carboxylic acids is 1. The third kappa shape index (κ3) is 27.8. The first-order chi connectivity index (χ1) is 67.7. The average Bonchev–Trinajstić information content (AvgIpc) is 1.65. The molecule has 0 bridgehead atoms. The number of nitrogens with zero attached hydrogens (tertiary/aromatic N) is 17. The molecule has 0 saturated carbocycles. The number of aromatic carboxylic acids is 1. The Labute approximate surface area is 856 Å². The number of aromatic nitrogens is 17. The number of hydrogen-bond acceptors (Lipinski definition) is 22. The van der Waals surface area contributed by atoms with E-state index in [0.717, 1.165) is 79.1 Å². The van der Waals surface area contributed by atoms with Gasteiger partial charge in [0.05, 0.1) is 83.0 Å². The van der Waals surface area contributed by atoms with Crippen molar-refractivity contribution in [1.29, 1.82) is 0 Å². The Kier molecular flexibility index (Phi) is 37.9. The number of imide groups is 2. The summed E-state index contributed by atoms with van der Waals surface area (Å²) in [4.78, 5) is 125. The zero-order chi connectivity index (χ0) is 99.4. The van der Waals surface area contributed by atoms with Crippen LogP contribution in [0.15, 0.2) is 273 Å². The summed E-state index contributed by atoms with van der Waals surface area (Å²) < 4.78 is 19.4. The number of para-hydroxylation sites is 2. The molecule has 41 heteroatoms. The number of urea groups is 2. The fourth-order valence-electron chi connectivity index (χ4n) is 13.4. The van der Waals surface area contributed by atoms with E-state index in [0.29, 0.717) is 79.1 Å². The van der Waals surface area contributed by atoms with Crippen LogP contribution in [-0.4, -0.2) is 212 Å². The number of nitrogens with two attached hydrogens (primary N) is 1. The molecule has 12 aromatic heterocycles. The molecule has 708 valence electrons. The van der Waals surface area contributed by atoms with Gasteiger partial charge in [-0.25, -0.2) is 71.5 Å². The number of esters is 2. The Morgan fingerprint density at radius 1 is 0.493 bits per heavy atom. The van der Waals surface area contributed by atoms with Gasteiger partial charge >= 0.3 is 48.8 Å². The number of carboxylic acid groups (broad SMARTS) is 1. The number of H-pyrrole nitrogens is 2. The molecule has 2 aliphatic rings. The van der Waals surface area contributed by atoms with Gasteiger partial charge in [-0.2, -0.15) is 25.5 Å². The van der Waals surface area contributed by atoms with Gasteiger partial charge in [0.25, 0.3) is 17.7 Å². The molecule has 142 heavy (non-hydrogen) atoms. The topological polar surface area (TPSA) is 456 Å². The smallest absolute Gasteiger partial charge is 0.870 e. The van der Waals surface area contributed by atoms with Gasteiger partial charge < -0.3 is 51.7 Å². The number of halogens is 4. The van der Waals surface area contributed by atoms with Crippen molar-refractivity contribution in [3.63, 3.8) is 0 Å². The van der Waals surface area contributed by atoms with Gasteiger partial charge in [-0.05, 0) is 219 Å². The molecule has 2 aliphatic heterocycles. The number of hydrogen-bond donors (Lipinski definition) is 7. The van der Waals surface area contributed by atoms with Gasteiger partial charge in [0.15, 0.2) is 28.2 Å². The Morgan fingerprint density at radius 3 is 1.25 bits per heavy atom. The van der Waals surface area contributed by atoms with Crippen LogP contribution in [0, 0.1) is 63.4 Å². The summed E-state index contributed by atoms with van der Waals surface area (Å²) >= 11 is 17.8. The van der Waals surface area contributed by atoms with E-state index in [4.69, 9.17) is 46.9 Å². The number of fused-ring (bicyclic) bond motifs is 7. The number of nitrogens with one attached hydrogen (secondary N) is 5. The number of benzene rings is 6. The first-order valence-corrected chi connectivity index (χ1v) is 48.6. The Bertz CT molecular complexity index is 7970. The van der Waals surface area contributed by atoms with Crippen molar-refractivity contribution < 1.29 is 77.3 Å². The number of carbonyl (C=O) groups excluding carboxylic acids is 7. The van der Waals surface area contributed by atoms with Crippen LogP contribution in [0.25, 0.3) is 50.0 Å². The van der Waals surface area contributed by atoms with E-state index >= 15 is 0 Å². The van der Waals surface area contributed by atoms with Gasteiger partial charge in [0.1, 0.15) is 47.5 Å². The van der Waals surface area contributed by atoms with Crippen molar-refractivity contribution in [2.24, 2.45) is 5.73 Å². The van der Waals surface area contributed by atoms with Crippen molar-refractivity contribution in [2.45, 2.75) is 44.6 Å². The van der Waals surface area contributed by atoms with E-state index in [2.05, 4.69) is 191 Å². The van der Waals surface area contributed by atoms with Gasteiger partial charge in [-0.1, -0.05) is 109 Å². The van der Waals surface area contributed by atoms with Crippen LogP contribution in [-0.2, 0) is 31.9 Å². The molecular formula is C101H84BrCl2ILiN23O12Si. The minimum absolute atomic E-state index is 0. The summed E-state index contributed by atoms with van der Waals surface area (Å²) in [5.74, 6) is 17.9. The van der Waals surface area contributed by atoms with Crippen LogP contribution in [0.4, 0.5) is 9.59 Å². The molecule has 0 aliphatic carbocycles. The van der Waals surface area contributed by atoms with Crippen molar-refractivity contribution in [2.75, 3.05) is 40.4 Å². The summed E-state index contributed by atoms with van der Waals surface area (Å²) in [6.45, 7) is 7.09. The number of methoxy groups -OCH3 is 2. The number of ether oxygens (including phenoxy) is 2. The van der Waals surface area contributed by atoms with Crippen LogP contribution in [0.5, 0.6) is 0 Å². The summed E-state index contributed by atoms with van der Waals surface area (Å²) in [5.41, 5.74) is 21.8. The molecule has 18 aromatic rings. The maximum absolute atomic E-state index is 13.0. The molecule has 6 aromatic carbocycles. The Hall–Kier alpha value is -16.4. The van der Waals surface area contributed by atoms with Crippen molar-refractivity contribution >= 4 is 168 Å². The zero-order valence-corrected chi connectivity index (χ0v) is 82.9. The molecule has 20 rings (SSSR count). The molecule has 2 saturated heterocycles. The third-order valence-electron chi connectivity index (χ3n) is 20.2. The molecule has 35 nitrogen and oxygen atoms in total. The van der Waals surface area contributed by atoms with E-state index in [1.54, 1.807) is 182 Å². The number of terminal acetylenes is 2. The number of carbonyl (C=O) groups is 8. The number of rotatable bonds is 13. The second-order valence-electron chi connectivity index (χ2n) is 30.8. The monoisotopic (exact) mass is 2120 g/mol. The summed E-state index contributed by atoms with van der Waals surface area (Å²) in [6.07, 6.45) is 31.4. The third-order valence-corrected chi connectivity index (χ3v) is 22.9.